The van der Waals surface area contributed by atoms with Gasteiger partial charge in [0.15, 0.2) is 0 Å². The predicted octanol–water partition coefficient (Wildman–Crippen LogP) is 6.53. The fourth-order valence-electron chi connectivity index (χ4n) is 2.99. The van der Waals surface area contributed by atoms with E-state index in [0.29, 0.717) is 6.54 Å². The summed E-state index contributed by atoms with van der Waals surface area (Å²) >= 11 is 18.6. The Labute approximate surface area is 204 Å². The van der Waals surface area contributed by atoms with E-state index in [2.05, 4.69) is 5.32 Å². The molecule has 170 valence electrons. The molecule has 3 aromatic carbocycles. The minimum Gasteiger partial charge on any atom is -0.497 e. The number of benzene rings is 3. The first-order chi connectivity index (χ1) is 15.2. The van der Waals surface area contributed by atoms with Crippen molar-refractivity contribution >= 4 is 40.7 Å². The molecular weight excluding hydrogens is 469 g/mol. The lowest BCUT2D eigenvalue weighted by Gasteiger charge is -2.25. The first kappa shape index (κ1) is 25.9. The first-order valence-electron chi connectivity index (χ1n) is 9.87. The van der Waals surface area contributed by atoms with Crippen LogP contribution in [0.4, 0.5) is 0 Å². The van der Waals surface area contributed by atoms with Crippen LogP contribution in [0.5, 0.6) is 11.5 Å². The van der Waals surface area contributed by atoms with E-state index in [1.165, 1.54) is 6.92 Å². The van der Waals surface area contributed by atoms with Crippen molar-refractivity contribution in [1.82, 2.24) is 5.32 Å². The summed E-state index contributed by atoms with van der Waals surface area (Å²) in [6, 6.07) is 24.8. The third kappa shape index (κ3) is 8.27. The smallest absolute Gasteiger partial charge is 0.217 e. The van der Waals surface area contributed by atoms with Crippen LogP contribution in [0, 0.1) is 0 Å². The first-order valence-corrected chi connectivity index (χ1v) is 11.0. The molecule has 0 aliphatic rings. The van der Waals surface area contributed by atoms with E-state index < -0.39 is 3.79 Å². The van der Waals surface area contributed by atoms with Gasteiger partial charge in [-0.2, -0.15) is 0 Å². The number of hydrogen-bond acceptors (Lipinski definition) is 3. The van der Waals surface area contributed by atoms with Crippen LogP contribution >= 0.6 is 34.8 Å². The highest BCUT2D eigenvalue weighted by atomic mass is 35.6. The molecule has 0 atom stereocenters. The molecule has 7 heteroatoms. The third-order valence-electron chi connectivity index (χ3n) is 4.61. The maximum Gasteiger partial charge on any atom is 0.217 e. The van der Waals surface area contributed by atoms with Gasteiger partial charge in [-0.25, -0.2) is 0 Å². The summed E-state index contributed by atoms with van der Waals surface area (Å²) in [5, 5.41) is 2.72. The Balaban J connectivity index is 0.000000278. The molecule has 0 bridgehead atoms. The SMILES string of the molecule is CC(=O)NCc1ccccc1.COc1ccc(C(c2ccc(OC)cc2)C(Cl)(Cl)Cl)cc1. The van der Waals surface area contributed by atoms with Crippen molar-refractivity contribution in [2.75, 3.05) is 14.2 Å². The number of carbonyl (C=O) groups is 1. The van der Waals surface area contributed by atoms with Gasteiger partial charge in [-0.3, -0.25) is 4.79 Å². The molecule has 0 aromatic heterocycles. The maximum absolute atomic E-state index is 10.5. The summed E-state index contributed by atoms with van der Waals surface area (Å²) in [6.45, 7) is 2.14. The van der Waals surface area contributed by atoms with Crippen molar-refractivity contribution < 1.29 is 14.3 Å². The zero-order valence-corrected chi connectivity index (χ0v) is 20.4. The fourth-order valence-corrected chi connectivity index (χ4v) is 3.74. The van der Waals surface area contributed by atoms with Crippen LogP contribution in [-0.2, 0) is 11.3 Å². The average molecular weight is 495 g/mol. The summed E-state index contributed by atoms with van der Waals surface area (Å²) in [4.78, 5) is 10.5. The lowest BCUT2D eigenvalue weighted by atomic mass is 9.92. The Morgan fingerprint density at radius 3 is 1.59 bits per heavy atom. The van der Waals surface area contributed by atoms with Gasteiger partial charge in [0.25, 0.3) is 0 Å². The molecule has 0 aliphatic heterocycles. The van der Waals surface area contributed by atoms with Crippen LogP contribution < -0.4 is 14.8 Å². The normalized spacial score (nSPS) is 10.7. The molecule has 0 aliphatic carbocycles. The van der Waals surface area contributed by atoms with Crippen LogP contribution in [0.2, 0.25) is 0 Å². The third-order valence-corrected chi connectivity index (χ3v) is 5.26. The summed E-state index contributed by atoms with van der Waals surface area (Å²) in [5.74, 6) is 1.15. The average Bonchev–Trinajstić information content (AvgIpc) is 2.79. The molecule has 3 rings (SSSR count). The molecule has 0 radical (unpaired) electrons. The molecule has 32 heavy (non-hydrogen) atoms. The molecule has 0 fully saturated rings. The van der Waals surface area contributed by atoms with Crippen molar-refractivity contribution in [3.05, 3.63) is 95.6 Å². The van der Waals surface area contributed by atoms with Crippen molar-refractivity contribution in [1.29, 1.82) is 0 Å². The van der Waals surface area contributed by atoms with Crippen LogP contribution in [0.3, 0.4) is 0 Å². The largest absolute Gasteiger partial charge is 0.497 e. The van der Waals surface area contributed by atoms with Crippen LogP contribution in [0.25, 0.3) is 0 Å². The Kier molecular flexibility index (Phi) is 10.2. The van der Waals surface area contributed by atoms with Crippen molar-refractivity contribution in [2.45, 2.75) is 23.2 Å². The molecule has 0 heterocycles. The second kappa shape index (κ2) is 12.6. The Bertz CT molecular complexity index is 909. The van der Waals surface area contributed by atoms with Gasteiger partial charge >= 0.3 is 0 Å². The Morgan fingerprint density at radius 2 is 1.25 bits per heavy atom. The van der Waals surface area contributed by atoms with Gasteiger partial charge in [-0.15, -0.1) is 0 Å². The highest BCUT2D eigenvalue weighted by molar-refractivity contribution is 6.68. The lowest BCUT2D eigenvalue weighted by molar-refractivity contribution is -0.119. The van der Waals surface area contributed by atoms with Gasteiger partial charge in [0.05, 0.1) is 20.1 Å². The predicted molar refractivity (Wildman–Crippen MR) is 132 cm³/mol. The topological polar surface area (TPSA) is 47.6 Å². The van der Waals surface area contributed by atoms with Crippen LogP contribution in [-0.4, -0.2) is 23.9 Å². The zero-order valence-electron chi connectivity index (χ0n) is 18.1. The molecule has 0 saturated heterocycles. The quantitative estimate of drug-likeness (QED) is 0.396. The maximum atomic E-state index is 10.5. The monoisotopic (exact) mass is 493 g/mol. The number of carbonyl (C=O) groups excluding carboxylic acids is 1. The summed E-state index contributed by atoms with van der Waals surface area (Å²) in [5.41, 5.74) is 2.93. The fraction of sp³-hybridized carbons (Fsp3) is 0.240. The van der Waals surface area contributed by atoms with E-state index in [0.717, 1.165) is 28.2 Å². The van der Waals surface area contributed by atoms with E-state index in [9.17, 15) is 4.79 Å². The number of amides is 1. The number of rotatable bonds is 6. The molecule has 0 saturated carbocycles. The van der Waals surface area contributed by atoms with Gasteiger partial charge in [-0.05, 0) is 41.0 Å². The van der Waals surface area contributed by atoms with Gasteiger partial charge in [-0.1, -0.05) is 89.4 Å². The second-order valence-electron chi connectivity index (χ2n) is 6.92. The molecule has 0 unspecified atom stereocenters. The van der Waals surface area contributed by atoms with Crippen molar-refractivity contribution in [3.63, 3.8) is 0 Å². The molecule has 4 nitrogen and oxygen atoms in total. The summed E-state index contributed by atoms with van der Waals surface area (Å²) in [7, 11) is 3.23. The minimum atomic E-state index is -1.46. The summed E-state index contributed by atoms with van der Waals surface area (Å²) < 4.78 is 8.85. The molecule has 1 amide bonds. The van der Waals surface area contributed by atoms with E-state index >= 15 is 0 Å². The Hall–Kier alpha value is -2.40. The molecule has 3 aromatic rings. The standard InChI is InChI=1S/C16H15Cl3O2.C9H11NO/c1-20-13-7-3-11(4-8-13)15(16(17,18)19)12-5-9-14(21-2)10-6-12;1-8(11)10-7-9-5-3-2-4-6-9/h3-10,15H,1-2H3;2-6H,7H2,1H3,(H,10,11). The van der Waals surface area contributed by atoms with Gasteiger partial charge in [0.1, 0.15) is 11.5 Å². The Morgan fingerprint density at radius 1 is 0.812 bits per heavy atom. The lowest BCUT2D eigenvalue weighted by Crippen LogP contribution is -2.18. The minimum absolute atomic E-state index is 0.00820. The van der Waals surface area contributed by atoms with E-state index in [-0.39, 0.29) is 11.8 Å². The molecular formula is C25H26Cl3NO3. The van der Waals surface area contributed by atoms with Gasteiger partial charge in [0, 0.05) is 13.5 Å². The van der Waals surface area contributed by atoms with Crippen molar-refractivity contribution in [2.24, 2.45) is 0 Å². The van der Waals surface area contributed by atoms with E-state index in [4.69, 9.17) is 44.3 Å². The van der Waals surface area contributed by atoms with Crippen LogP contribution in [0.15, 0.2) is 78.9 Å². The molecule has 0 spiro atoms. The van der Waals surface area contributed by atoms with Crippen molar-refractivity contribution in [3.8, 4) is 11.5 Å². The number of nitrogens with one attached hydrogen (secondary N) is 1. The number of methoxy groups -OCH3 is 2. The van der Waals surface area contributed by atoms with E-state index in [1.54, 1.807) is 14.2 Å². The number of alkyl halides is 3. The number of hydrogen-bond donors (Lipinski definition) is 1. The number of ether oxygens (including phenoxy) is 2. The van der Waals surface area contributed by atoms with Crippen LogP contribution in [0.1, 0.15) is 29.5 Å². The van der Waals surface area contributed by atoms with Gasteiger partial charge in [0.2, 0.25) is 9.70 Å². The highest BCUT2D eigenvalue weighted by Gasteiger charge is 2.35. The van der Waals surface area contributed by atoms with Gasteiger partial charge < -0.3 is 14.8 Å². The number of halogens is 3. The molecule has 1 N–H and O–H groups in total. The van der Waals surface area contributed by atoms with E-state index in [1.807, 2.05) is 78.9 Å². The highest BCUT2D eigenvalue weighted by Crippen LogP contribution is 2.46. The zero-order chi connectivity index (χ0) is 23.6. The summed E-state index contributed by atoms with van der Waals surface area (Å²) in [6.07, 6.45) is 0. The second-order valence-corrected chi connectivity index (χ2v) is 9.29.